The summed E-state index contributed by atoms with van der Waals surface area (Å²) in [5, 5.41) is 2.87. The van der Waals surface area contributed by atoms with Crippen LogP contribution in [0.25, 0.3) is 11.1 Å². The van der Waals surface area contributed by atoms with Gasteiger partial charge in [0.05, 0.1) is 5.69 Å². The highest BCUT2D eigenvalue weighted by atomic mass is 35.5. The highest BCUT2D eigenvalue weighted by molar-refractivity contribution is 6.30. The third kappa shape index (κ3) is 3.41. The summed E-state index contributed by atoms with van der Waals surface area (Å²) in [5.74, 6) is -0.936. The molecule has 0 radical (unpaired) electrons. The minimum atomic E-state index is -0.567. The van der Waals surface area contributed by atoms with E-state index in [9.17, 15) is 9.18 Å². The second-order valence-electron chi connectivity index (χ2n) is 4.99. The van der Waals surface area contributed by atoms with E-state index in [0.29, 0.717) is 5.56 Å². The van der Waals surface area contributed by atoms with Crippen LogP contribution in [0.4, 0.5) is 10.1 Å². The SMILES string of the molecule is O=C(Nc1ccc(Cl)cc1F)c1ccccc1-c1ccccc1. The summed E-state index contributed by atoms with van der Waals surface area (Å²) >= 11 is 5.72. The Morgan fingerprint density at radius 2 is 1.61 bits per heavy atom. The van der Waals surface area contributed by atoms with Crippen molar-refractivity contribution in [1.29, 1.82) is 0 Å². The van der Waals surface area contributed by atoms with Crippen LogP contribution in [0.5, 0.6) is 0 Å². The van der Waals surface area contributed by atoms with E-state index in [0.717, 1.165) is 11.1 Å². The molecule has 0 aromatic heterocycles. The Kier molecular flexibility index (Phi) is 4.40. The zero-order valence-corrected chi connectivity index (χ0v) is 12.8. The van der Waals surface area contributed by atoms with Gasteiger partial charge in [-0.25, -0.2) is 4.39 Å². The summed E-state index contributed by atoms with van der Waals surface area (Å²) in [4.78, 5) is 12.5. The Morgan fingerprint density at radius 1 is 0.913 bits per heavy atom. The standard InChI is InChI=1S/C19H13ClFNO/c20-14-10-11-18(17(21)12-14)22-19(23)16-9-5-4-8-15(16)13-6-2-1-3-7-13/h1-12H,(H,22,23). The van der Waals surface area contributed by atoms with Crippen molar-refractivity contribution in [3.63, 3.8) is 0 Å². The number of hydrogen-bond acceptors (Lipinski definition) is 1. The van der Waals surface area contributed by atoms with E-state index in [4.69, 9.17) is 11.6 Å². The zero-order chi connectivity index (χ0) is 16.2. The maximum Gasteiger partial charge on any atom is 0.256 e. The lowest BCUT2D eigenvalue weighted by Gasteiger charge is -2.11. The molecule has 3 aromatic rings. The van der Waals surface area contributed by atoms with Crippen LogP contribution < -0.4 is 5.32 Å². The normalized spacial score (nSPS) is 10.3. The second-order valence-corrected chi connectivity index (χ2v) is 5.43. The van der Waals surface area contributed by atoms with Crippen LogP contribution in [-0.4, -0.2) is 5.91 Å². The molecule has 0 unspecified atom stereocenters. The molecule has 0 heterocycles. The molecule has 1 N–H and O–H groups in total. The topological polar surface area (TPSA) is 29.1 Å². The van der Waals surface area contributed by atoms with Crippen molar-refractivity contribution in [2.24, 2.45) is 0 Å². The largest absolute Gasteiger partial charge is 0.319 e. The fourth-order valence-corrected chi connectivity index (χ4v) is 2.49. The molecule has 4 heteroatoms. The van der Waals surface area contributed by atoms with Gasteiger partial charge >= 0.3 is 0 Å². The van der Waals surface area contributed by atoms with Crippen LogP contribution >= 0.6 is 11.6 Å². The smallest absolute Gasteiger partial charge is 0.256 e. The molecule has 0 aliphatic heterocycles. The first-order valence-corrected chi connectivity index (χ1v) is 7.44. The van der Waals surface area contributed by atoms with Crippen molar-refractivity contribution in [3.8, 4) is 11.1 Å². The molecule has 0 atom stereocenters. The van der Waals surface area contributed by atoms with Crippen molar-refractivity contribution < 1.29 is 9.18 Å². The number of benzene rings is 3. The average molecular weight is 326 g/mol. The number of rotatable bonds is 3. The Labute approximate surface area is 138 Å². The third-order valence-corrected chi connectivity index (χ3v) is 3.67. The van der Waals surface area contributed by atoms with Crippen molar-refractivity contribution in [2.45, 2.75) is 0 Å². The molecule has 0 saturated carbocycles. The van der Waals surface area contributed by atoms with Gasteiger partial charge in [-0.3, -0.25) is 4.79 Å². The lowest BCUT2D eigenvalue weighted by molar-refractivity contribution is 0.102. The number of hydrogen-bond donors (Lipinski definition) is 1. The van der Waals surface area contributed by atoms with Gasteiger partial charge in [0.25, 0.3) is 5.91 Å². The van der Waals surface area contributed by atoms with Gasteiger partial charge in [0.1, 0.15) is 5.82 Å². The minimum absolute atomic E-state index is 0.0993. The van der Waals surface area contributed by atoms with Gasteiger partial charge in [-0.1, -0.05) is 60.1 Å². The van der Waals surface area contributed by atoms with E-state index in [-0.39, 0.29) is 16.6 Å². The fraction of sp³-hybridized carbons (Fsp3) is 0. The number of carbonyl (C=O) groups excluding carboxylic acids is 1. The van der Waals surface area contributed by atoms with E-state index in [1.807, 2.05) is 42.5 Å². The van der Waals surface area contributed by atoms with Crippen LogP contribution in [0.2, 0.25) is 5.02 Å². The van der Waals surface area contributed by atoms with Gasteiger partial charge in [0, 0.05) is 10.6 Å². The molecule has 0 aliphatic carbocycles. The first kappa shape index (κ1) is 15.3. The maximum absolute atomic E-state index is 13.9. The molecular weight excluding hydrogens is 313 g/mol. The number of amides is 1. The fourth-order valence-electron chi connectivity index (χ4n) is 2.33. The lowest BCUT2D eigenvalue weighted by atomic mass is 9.99. The van der Waals surface area contributed by atoms with E-state index >= 15 is 0 Å². The monoisotopic (exact) mass is 325 g/mol. The average Bonchev–Trinajstić information content (AvgIpc) is 2.58. The van der Waals surface area contributed by atoms with Crippen molar-refractivity contribution in [2.75, 3.05) is 5.32 Å². The summed E-state index contributed by atoms with van der Waals surface area (Å²) in [6.45, 7) is 0. The van der Waals surface area contributed by atoms with Gasteiger partial charge in [0.2, 0.25) is 0 Å². The van der Waals surface area contributed by atoms with Crippen LogP contribution in [-0.2, 0) is 0 Å². The molecular formula is C19H13ClFNO. The summed E-state index contributed by atoms with van der Waals surface area (Å²) in [6.07, 6.45) is 0. The molecule has 0 fully saturated rings. The summed E-state index contributed by atoms with van der Waals surface area (Å²) in [6, 6.07) is 20.9. The molecule has 0 bridgehead atoms. The molecule has 0 saturated heterocycles. The van der Waals surface area contributed by atoms with Gasteiger partial charge in [-0.2, -0.15) is 0 Å². The summed E-state index contributed by atoms with van der Waals surface area (Å²) in [7, 11) is 0. The first-order valence-electron chi connectivity index (χ1n) is 7.06. The highest BCUT2D eigenvalue weighted by Gasteiger charge is 2.14. The van der Waals surface area contributed by atoms with Gasteiger partial charge in [-0.05, 0) is 35.4 Å². The van der Waals surface area contributed by atoms with Gasteiger partial charge in [0.15, 0.2) is 0 Å². The molecule has 2 nitrogen and oxygen atoms in total. The Hall–Kier alpha value is -2.65. The molecule has 1 amide bonds. The van der Waals surface area contributed by atoms with Gasteiger partial charge in [-0.15, -0.1) is 0 Å². The van der Waals surface area contributed by atoms with Crippen molar-refractivity contribution in [3.05, 3.63) is 89.2 Å². The summed E-state index contributed by atoms with van der Waals surface area (Å²) in [5.41, 5.74) is 2.30. The number of carbonyl (C=O) groups is 1. The van der Waals surface area contributed by atoms with Crippen LogP contribution in [0.15, 0.2) is 72.8 Å². The van der Waals surface area contributed by atoms with Crippen molar-refractivity contribution in [1.82, 2.24) is 0 Å². The van der Waals surface area contributed by atoms with Crippen LogP contribution in [0, 0.1) is 5.82 Å². The van der Waals surface area contributed by atoms with E-state index in [1.165, 1.54) is 18.2 Å². The summed E-state index contributed by atoms with van der Waals surface area (Å²) < 4.78 is 13.9. The highest BCUT2D eigenvalue weighted by Crippen LogP contribution is 2.25. The second kappa shape index (κ2) is 6.63. The van der Waals surface area contributed by atoms with Crippen molar-refractivity contribution >= 4 is 23.2 Å². The number of nitrogens with one attached hydrogen (secondary N) is 1. The molecule has 3 rings (SSSR count). The van der Waals surface area contributed by atoms with Crippen LogP contribution in [0.3, 0.4) is 0 Å². The molecule has 23 heavy (non-hydrogen) atoms. The quantitative estimate of drug-likeness (QED) is 0.686. The molecule has 0 spiro atoms. The van der Waals surface area contributed by atoms with Crippen LogP contribution in [0.1, 0.15) is 10.4 Å². The third-order valence-electron chi connectivity index (χ3n) is 3.44. The van der Waals surface area contributed by atoms with E-state index in [1.54, 1.807) is 12.1 Å². The van der Waals surface area contributed by atoms with Gasteiger partial charge < -0.3 is 5.32 Å². The minimum Gasteiger partial charge on any atom is -0.319 e. The van der Waals surface area contributed by atoms with E-state index in [2.05, 4.69) is 5.32 Å². The van der Waals surface area contributed by atoms with E-state index < -0.39 is 5.82 Å². The molecule has 114 valence electrons. The lowest BCUT2D eigenvalue weighted by Crippen LogP contribution is -2.14. The molecule has 0 aliphatic rings. The Balaban J connectivity index is 1.94. The number of halogens is 2. The Morgan fingerprint density at radius 3 is 2.35 bits per heavy atom. The predicted molar refractivity (Wildman–Crippen MR) is 91.2 cm³/mol. The predicted octanol–water partition coefficient (Wildman–Crippen LogP) is 5.40. The first-order chi connectivity index (χ1) is 11.1. The Bertz CT molecular complexity index is 849. The maximum atomic E-state index is 13.9. The molecule has 3 aromatic carbocycles. The number of anilines is 1. The zero-order valence-electron chi connectivity index (χ0n) is 12.1.